The highest BCUT2D eigenvalue weighted by molar-refractivity contribution is 5.91. The zero-order chi connectivity index (χ0) is 15.5. The van der Waals surface area contributed by atoms with Crippen molar-refractivity contribution >= 4 is 24.0 Å². The molecule has 4 nitrogen and oxygen atoms in total. The number of ether oxygens (including phenoxy) is 1. The predicted molar refractivity (Wildman–Crippen MR) is 92.8 cm³/mol. The van der Waals surface area contributed by atoms with Crippen molar-refractivity contribution in [2.75, 3.05) is 18.5 Å². The summed E-state index contributed by atoms with van der Waals surface area (Å²) in [4.78, 5) is 12.1. The number of amides is 1. The molecule has 1 aromatic rings. The first-order valence-electron chi connectivity index (χ1n) is 7.62. The van der Waals surface area contributed by atoms with Crippen molar-refractivity contribution in [2.24, 2.45) is 11.3 Å². The number of fused-ring (bicyclic) bond motifs is 1. The molecule has 1 atom stereocenters. The summed E-state index contributed by atoms with van der Waals surface area (Å²) in [5.74, 6) is 1.31. The van der Waals surface area contributed by atoms with Gasteiger partial charge < -0.3 is 15.4 Å². The zero-order valence-electron chi connectivity index (χ0n) is 13.9. The first-order chi connectivity index (χ1) is 9.86. The molecule has 1 heterocycles. The summed E-state index contributed by atoms with van der Waals surface area (Å²) in [7, 11) is 0. The van der Waals surface area contributed by atoms with Crippen LogP contribution in [0.1, 0.15) is 39.7 Å². The van der Waals surface area contributed by atoms with Crippen LogP contribution >= 0.6 is 12.4 Å². The molecule has 0 spiro atoms. The van der Waals surface area contributed by atoms with Crippen LogP contribution < -0.4 is 15.4 Å². The standard InChI is InChI=1S/C17H26N2O2.ClH/c1-12(17(2,3)4)9-16(20)19-14-5-6-15-13(10-14)11-18-7-8-21-15;/h5-6,10,12,18H,7-9,11H2,1-4H3,(H,19,20);1H. The van der Waals surface area contributed by atoms with Gasteiger partial charge in [-0.05, 0) is 29.5 Å². The Hall–Kier alpha value is -1.26. The van der Waals surface area contributed by atoms with Gasteiger partial charge in [-0.3, -0.25) is 4.79 Å². The van der Waals surface area contributed by atoms with Crippen molar-refractivity contribution in [3.05, 3.63) is 23.8 Å². The van der Waals surface area contributed by atoms with Crippen LogP contribution in [0.25, 0.3) is 0 Å². The number of hydrogen-bond acceptors (Lipinski definition) is 3. The van der Waals surface area contributed by atoms with Crippen LogP contribution in [-0.4, -0.2) is 19.1 Å². The van der Waals surface area contributed by atoms with Crippen LogP contribution in [0.3, 0.4) is 0 Å². The van der Waals surface area contributed by atoms with E-state index in [0.29, 0.717) is 18.9 Å². The van der Waals surface area contributed by atoms with Gasteiger partial charge in [-0.15, -0.1) is 12.4 Å². The van der Waals surface area contributed by atoms with Gasteiger partial charge in [0.05, 0.1) is 0 Å². The fourth-order valence-corrected chi connectivity index (χ4v) is 2.19. The molecule has 1 aliphatic rings. The summed E-state index contributed by atoms with van der Waals surface area (Å²) >= 11 is 0. The molecule has 124 valence electrons. The van der Waals surface area contributed by atoms with Crippen molar-refractivity contribution in [3.8, 4) is 5.75 Å². The Morgan fingerprint density at radius 1 is 1.41 bits per heavy atom. The van der Waals surface area contributed by atoms with E-state index in [0.717, 1.165) is 30.1 Å². The number of rotatable bonds is 3. The van der Waals surface area contributed by atoms with Gasteiger partial charge in [0.2, 0.25) is 5.91 Å². The Morgan fingerprint density at radius 2 is 2.14 bits per heavy atom. The Kier molecular flexibility index (Phi) is 6.69. The summed E-state index contributed by atoms with van der Waals surface area (Å²) in [6, 6.07) is 5.84. The fourth-order valence-electron chi connectivity index (χ4n) is 2.19. The number of hydrogen-bond donors (Lipinski definition) is 2. The second kappa shape index (κ2) is 7.84. The summed E-state index contributed by atoms with van der Waals surface area (Å²) in [6.45, 7) is 10.9. The molecule has 1 aromatic carbocycles. The molecule has 0 fully saturated rings. The summed E-state index contributed by atoms with van der Waals surface area (Å²) in [6.07, 6.45) is 0.537. The van der Waals surface area contributed by atoms with Gasteiger partial charge in [0.25, 0.3) is 0 Å². The molecule has 5 heteroatoms. The van der Waals surface area contributed by atoms with Gasteiger partial charge in [-0.25, -0.2) is 0 Å². The first-order valence-corrected chi connectivity index (χ1v) is 7.62. The summed E-state index contributed by atoms with van der Waals surface area (Å²) < 4.78 is 5.64. The minimum atomic E-state index is 0. The molecule has 22 heavy (non-hydrogen) atoms. The van der Waals surface area contributed by atoms with Gasteiger partial charge in [0.15, 0.2) is 0 Å². The molecule has 0 bridgehead atoms. The zero-order valence-corrected chi connectivity index (χ0v) is 14.7. The Bertz CT molecular complexity index is 512. The second-order valence-corrected chi connectivity index (χ2v) is 6.87. The molecule has 2 rings (SSSR count). The van der Waals surface area contributed by atoms with E-state index >= 15 is 0 Å². The molecule has 0 aromatic heterocycles. The Balaban J connectivity index is 0.00000242. The number of nitrogens with one attached hydrogen (secondary N) is 2. The lowest BCUT2D eigenvalue weighted by Crippen LogP contribution is -2.24. The van der Waals surface area contributed by atoms with Crippen molar-refractivity contribution in [1.82, 2.24) is 5.32 Å². The molecule has 0 aliphatic carbocycles. The minimum absolute atomic E-state index is 0. The van der Waals surface area contributed by atoms with Crippen molar-refractivity contribution < 1.29 is 9.53 Å². The van der Waals surface area contributed by atoms with Gasteiger partial charge in [-0.2, -0.15) is 0 Å². The lowest BCUT2D eigenvalue weighted by molar-refractivity contribution is -0.117. The van der Waals surface area contributed by atoms with Crippen LogP contribution in [0.4, 0.5) is 5.69 Å². The maximum atomic E-state index is 12.1. The average Bonchev–Trinajstić information content (AvgIpc) is 2.62. The number of carbonyl (C=O) groups excluding carboxylic acids is 1. The topological polar surface area (TPSA) is 50.4 Å². The fraction of sp³-hybridized carbons (Fsp3) is 0.588. The van der Waals surface area contributed by atoms with Crippen molar-refractivity contribution in [3.63, 3.8) is 0 Å². The largest absolute Gasteiger partial charge is 0.492 e. The van der Waals surface area contributed by atoms with Crippen LogP contribution in [0.15, 0.2) is 18.2 Å². The van der Waals surface area contributed by atoms with Crippen molar-refractivity contribution in [1.29, 1.82) is 0 Å². The SMILES string of the molecule is CC(CC(=O)Nc1ccc2c(c1)CNCCO2)C(C)(C)C.Cl. The van der Waals surface area contributed by atoms with Gasteiger partial charge in [0, 0.05) is 30.8 Å². The number of benzene rings is 1. The molecule has 1 unspecified atom stereocenters. The highest BCUT2D eigenvalue weighted by atomic mass is 35.5. The molecule has 2 N–H and O–H groups in total. The Labute approximate surface area is 139 Å². The molecule has 0 saturated heterocycles. The lowest BCUT2D eigenvalue weighted by atomic mass is 9.80. The monoisotopic (exact) mass is 326 g/mol. The molecule has 0 saturated carbocycles. The molecule has 1 amide bonds. The number of anilines is 1. The van der Waals surface area contributed by atoms with E-state index in [1.165, 1.54) is 0 Å². The third-order valence-electron chi connectivity index (χ3n) is 4.17. The Morgan fingerprint density at radius 3 is 2.82 bits per heavy atom. The van der Waals surface area contributed by atoms with E-state index in [9.17, 15) is 4.79 Å². The molecular formula is C17H27ClN2O2. The van der Waals surface area contributed by atoms with E-state index in [4.69, 9.17) is 4.74 Å². The molecule has 1 aliphatic heterocycles. The summed E-state index contributed by atoms with van der Waals surface area (Å²) in [5.41, 5.74) is 2.07. The summed E-state index contributed by atoms with van der Waals surface area (Å²) in [5, 5.41) is 6.29. The maximum Gasteiger partial charge on any atom is 0.224 e. The van der Waals surface area contributed by atoms with E-state index in [2.05, 4.69) is 38.3 Å². The van der Waals surface area contributed by atoms with Gasteiger partial charge >= 0.3 is 0 Å². The minimum Gasteiger partial charge on any atom is -0.492 e. The van der Waals surface area contributed by atoms with E-state index in [1.54, 1.807) is 0 Å². The molecular weight excluding hydrogens is 300 g/mol. The number of carbonyl (C=O) groups is 1. The normalized spacial score (nSPS) is 15.6. The number of halogens is 1. The molecule has 0 radical (unpaired) electrons. The van der Waals surface area contributed by atoms with Crippen LogP contribution in [0, 0.1) is 11.3 Å². The smallest absolute Gasteiger partial charge is 0.224 e. The van der Waals surface area contributed by atoms with Crippen molar-refractivity contribution in [2.45, 2.75) is 40.7 Å². The third kappa shape index (κ3) is 5.18. The average molecular weight is 327 g/mol. The van der Waals surface area contributed by atoms with E-state index in [1.807, 2.05) is 18.2 Å². The van der Waals surface area contributed by atoms with Crippen LogP contribution in [0.5, 0.6) is 5.75 Å². The lowest BCUT2D eigenvalue weighted by Gasteiger charge is -2.26. The highest BCUT2D eigenvalue weighted by Crippen LogP contribution is 2.29. The first kappa shape index (κ1) is 18.8. The quantitative estimate of drug-likeness (QED) is 0.892. The highest BCUT2D eigenvalue weighted by Gasteiger charge is 2.22. The predicted octanol–water partition coefficient (Wildman–Crippen LogP) is 3.60. The van der Waals surface area contributed by atoms with E-state index < -0.39 is 0 Å². The van der Waals surface area contributed by atoms with Crippen LogP contribution in [0.2, 0.25) is 0 Å². The van der Waals surface area contributed by atoms with Gasteiger partial charge in [-0.1, -0.05) is 27.7 Å². The third-order valence-corrected chi connectivity index (χ3v) is 4.17. The maximum absolute atomic E-state index is 12.1. The van der Waals surface area contributed by atoms with E-state index in [-0.39, 0.29) is 23.7 Å². The second-order valence-electron chi connectivity index (χ2n) is 6.87. The van der Waals surface area contributed by atoms with Gasteiger partial charge in [0.1, 0.15) is 12.4 Å². The van der Waals surface area contributed by atoms with Crippen LogP contribution in [-0.2, 0) is 11.3 Å².